The van der Waals surface area contributed by atoms with E-state index in [4.69, 9.17) is 32.7 Å². The number of para-hydroxylation sites is 1. The van der Waals surface area contributed by atoms with E-state index in [0.29, 0.717) is 46.7 Å². The average Bonchev–Trinajstić information content (AvgIpc) is 3.30. The van der Waals surface area contributed by atoms with Crippen LogP contribution in [0.25, 0.3) is 0 Å². The molecule has 0 fully saturated rings. The summed E-state index contributed by atoms with van der Waals surface area (Å²) in [5.74, 6) is 1.12. The summed E-state index contributed by atoms with van der Waals surface area (Å²) in [4.78, 5) is 32.3. The molecule has 10 heteroatoms. The molecule has 0 aliphatic carbocycles. The zero-order valence-corrected chi connectivity index (χ0v) is 24.5. The molecule has 0 unspecified atom stereocenters. The summed E-state index contributed by atoms with van der Waals surface area (Å²) in [5, 5.41) is 3.42. The van der Waals surface area contributed by atoms with Crippen molar-refractivity contribution < 1.29 is 19.1 Å². The van der Waals surface area contributed by atoms with E-state index in [1.54, 1.807) is 48.7 Å². The number of nitrogens with one attached hydrogen (secondary N) is 1. The van der Waals surface area contributed by atoms with Crippen LogP contribution in [0.1, 0.15) is 29.2 Å². The Balaban J connectivity index is 1.78. The van der Waals surface area contributed by atoms with Gasteiger partial charge in [-0.2, -0.15) is 0 Å². The van der Waals surface area contributed by atoms with Gasteiger partial charge < -0.3 is 24.6 Å². The summed E-state index contributed by atoms with van der Waals surface area (Å²) in [5.41, 5.74) is 1.33. The number of thiophene rings is 1. The molecule has 3 rings (SSSR count). The Bertz CT molecular complexity index is 1240. The number of hydrogen-bond acceptors (Lipinski definition) is 5. The van der Waals surface area contributed by atoms with Crippen LogP contribution in [0.2, 0.25) is 10.0 Å². The molecule has 1 N–H and O–H groups in total. The van der Waals surface area contributed by atoms with Crippen molar-refractivity contribution in [3.05, 3.63) is 73.9 Å². The van der Waals surface area contributed by atoms with Crippen LogP contribution in [-0.4, -0.2) is 55.1 Å². The van der Waals surface area contributed by atoms with E-state index in [9.17, 15) is 9.59 Å². The normalized spacial score (nSPS) is 10.8. The molecule has 0 saturated heterocycles. The van der Waals surface area contributed by atoms with Crippen molar-refractivity contribution in [3.8, 4) is 11.5 Å². The zero-order chi connectivity index (χ0) is 27.8. The van der Waals surface area contributed by atoms with Gasteiger partial charge in [0.1, 0.15) is 6.54 Å². The number of rotatable bonds is 11. The minimum atomic E-state index is -0.449. The number of benzene rings is 2. The van der Waals surface area contributed by atoms with Crippen molar-refractivity contribution >= 4 is 52.2 Å². The fraction of sp³-hybridized carbons (Fsp3) is 0.357. The first-order valence-electron chi connectivity index (χ1n) is 12.2. The second kappa shape index (κ2) is 13.7. The van der Waals surface area contributed by atoms with E-state index in [0.717, 1.165) is 10.4 Å². The van der Waals surface area contributed by atoms with Gasteiger partial charge in [0.2, 0.25) is 5.91 Å². The van der Waals surface area contributed by atoms with Crippen LogP contribution < -0.4 is 14.8 Å². The van der Waals surface area contributed by atoms with E-state index >= 15 is 0 Å². The van der Waals surface area contributed by atoms with Crippen LogP contribution in [0.15, 0.2) is 48.5 Å². The van der Waals surface area contributed by atoms with Crippen molar-refractivity contribution in [2.45, 2.75) is 39.8 Å². The summed E-state index contributed by atoms with van der Waals surface area (Å²) in [6.45, 7) is 6.58. The van der Waals surface area contributed by atoms with Crippen molar-refractivity contribution in [1.29, 1.82) is 0 Å². The van der Waals surface area contributed by atoms with Crippen LogP contribution in [0.4, 0.5) is 10.5 Å². The number of ether oxygens (including phenoxy) is 2. The fourth-order valence-electron chi connectivity index (χ4n) is 3.88. The lowest BCUT2D eigenvalue weighted by Gasteiger charge is -2.30. The molecule has 0 atom stereocenters. The van der Waals surface area contributed by atoms with Gasteiger partial charge in [-0.15, -0.1) is 11.3 Å². The SMILES string of the molecule is COc1ccc(CCN(Cc2ccc(C)s2)C(=O)CN(C(=O)Nc2c(Cl)cccc2Cl)C(C)C)cc1OC. The van der Waals surface area contributed by atoms with E-state index < -0.39 is 6.03 Å². The molecule has 2 aromatic carbocycles. The summed E-state index contributed by atoms with van der Waals surface area (Å²) in [6.07, 6.45) is 0.611. The van der Waals surface area contributed by atoms with Crippen LogP contribution in [0, 0.1) is 6.92 Å². The Morgan fingerprint density at radius 2 is 1.68 bits per heavy atom. The summed E-state index contributed by atoms with van der Waals surface area (Å²) in [6, 6.07) is 14.1. The molecule has 3 amide bonds. The number of carbonyl (C=O) groups is 2. The van der Waals surface area contributed by atoms with Gasteiger partial charge >= 0.3 is 6.03 Å². The van der Waals surface area contributed by atoms with Gasteiger partial charge in [0.25, 0.3) is 0 Å². The largest absolute Gasteiger partial charge is 0.493 e. The third-order valence-corrected chi connectivity index (χ3v) is 7.61. The van der Waals surface area contributed by atoms with Crippen molar-refractivity contribution in [1.82, 2.24) is 9.80 Å². The standard InChI is InChI=1S/C28H33Cl2N3O4S/c1-18(2)33(28(35)31-27-22(29)7-6-8-23(27)30)17-26(34)32(16-21-11-9-19(3)38-21)14-13-20-10-12-24(36-4)25(15-20)37-5/h6-12,15,18H,13-14,16-17H2,1-5H3,(H,31,35). The predicted molar refractivity (Wildman–Crippen MR) is 155 cm³/mol. The van der Waals surface area contributed by atoms with Crippen LogP contribution in [0.3, 0.4) is 0 Å². The zero-order valence-electron chi connectivity index (χ0n) is 22.2. The van der Waals surface area contributed by atoms with E-state index in [1.807, 2.05) is 51.1 Å². The van der Waals surface area contributed by atoms with Gasteiger partial charge in [0.05, 0.1) is 36.5 Å². The number of nitrogens with zero attached hydrogens (tertiary/aromatic N) is 2. The fourth-order valence-corrected chi connectivity index (χ4v) is 5.28. The molecule has 7 nitrogen and oxygen atoms in total. The first kappa shape index (κ1) is 29.6. The molecular weight excluding hydrogens is 545 g/mol. The van der Waals surface area contributed by atoms with Crippen molar-refractivity contribution in [2.24, 2.45) is 0 Å². The van der Waals surface area contributed by atoms with Crippen LogP contribution in [-0.2, 0) is 17.8 Å². The number of hydrogen-bond donors (Lipinski definition) is 1. The molecule has 0 bridgehead atoms. The highest BCUT2D eigenvalue weighted by atomic mass is 35.5. The van der Waals surface area contributed by atoms with Gasteiger partial charge in [-0.3, -0.25) is 4.79 Å². The Morgan fingerprint density at radius 1 is 1.00 bits per heavy atom. The Labute approximate surface area is 238 Å². The lowest BCUT2D eigenvalue weighted by atomic mass is 10.1. The predicted octanol–water partition coefficient (Wildman–Crippen LogP) is 6.89. The summed E-state index contributed by atoms with van der Waals surface area (Å²) < 4.78 is 10.8. The smallest absolute Gasteiger partial charge is 0.322 e. The number of halogens is 2. The van der Waals surface area contributed by atoms with Crippen LogP contribution in [0.5, 0.6) is 11.5 Å². The molecule has 38 heavy (non-hydrogen) atoms. The van der Waals surface area contributed by atoms with Gasteiger partial charge in [-0.1, -0.05) is 35.3 Å². The first-order chi connectivity index (χ1) is 18.1. The summed E-state index contributed by atoms with van der Waals surface area (Å²) >= 11 is 14.1. The van der Waals surface area contributed by atoms with Crippen molar-refractivity contribution in [2.75, 3.05) is 32.6 Å². The number of methoxy groups -OCH3 is 2. The van der Waals surface area contributed by atoms with E-state index in [1.165, 1.54) is 9.78 Å². The highest BCUT2D eigenvalue weighted by Gasteiger charge is 2.25. The molecule has 0 aliphatic heterocycles. The summed E-state index contributed by atoms with van der Waals surface area (Å²) in [7, 11) is 3.19. The van der Waals surface area contributed by atoms with Crippen molar-refractivity contribution in [3.63, 3.8) is 0 Å². The van der Waals surface area contributed by atoms with Gasteiger partial charge in [0, 0.05) is 22.3 Å². The second-order valence-corrected chi connectivity index (χ2v) is 11.2. The first-order valence-corrected chi connectivity index (χ1v) is 13.8. The Kier molecular flexibility index (Phi) is 10.7. The Morgan fingerprint density at radius 3 is 2.26 bits per heavy atom. The average molecular weight is 579 g/mol. The minimum Gasteiger partial charge on any atom is -0.493 e. The van der Waals surface area contributed by atoms with Crippen LogP contribution >= 0.6 is 34.5 Å². The molecule has 0 saturated carbocycles. The lowest BCUT2D eigenvalue weighted by Crippen LogP contribution is -2.47. The highest BCUT2D eigenvalue weighted by molar-refractivity contribution is 7.11. The number of aryl methyl sites for hydroxylation is 1. The molecule has 0 aliphatic rings. The lowest BCUT2D eigenvalue weighted by molar-refractivity contribution is -0.132. The topological polar surface area (TPSA) is 71.1 Å². The highest BCUT2D eigenvalue weighted by Crippen LogP contribution is 2.30. The molecule has 204 valence electrons. The Hall–Kier alpha value is -2.94. The maximum Gasteiger partial charge on any atom is 0.322 e. The minimum absolute atomic E-state index is 0.0954. The quantitative estimate of drug-likeness (QED) is 0.269. The number of anilines is 1. The molecule has 0 spiro atoms. The number of carbonyl (C=O) groups excluding carboxylic acids is 2. The third-order valence-electron chi connectivity index (χ3n) is 6.00. The van der Waals surface area contributed by atoms with E-state index in [-0.39, 0.29) is 18.5 Å². The van der Waals surface area contributed by atoms with Gasteiger partial charge in [0.15, 0.2) is 11.5 Å². The number of urea groups is 1. The second-order valence-electron chi connectivity index (χ2n) is 9.02. The molecule has 3 aromatic rings. The number of amides is 3. The van der Waals surface area contributed by atoms with Gasteiger partial charge in [-0.05, 0) is 69.2 Å². The molecule has 0 radical (unpaired) electrons. The maximum absolute atomic E-state index is 13.6. The third kappa shape index (κ3) is 7.79. The maximum atomic E-state index is 13.6. The monoisotopic (exact) mass is 577 g/mol. The molecule has 1 aromatic heterocycles. The van der Waals surface area contributed by atoms with E-state index in [2.05, 4.69) is 5.32 Å². The molecular formula is C28H33Cl2N3O4S. The molecule has 1 heterocycles. The van der Waals surface area contributed by atoms with Gasteiger partial charge in [-0.25, -0.2) is 4.79 Å².